The molecule has 4 rings (SSSR count). The maximum Gasteiger partial charge on any atom is 0.573 e. The van der Waals surface area contributed by atoms with Gasteiger partial charge < -0.3 is 14.4 Å². The number of aryl methyl sites for hydroxylation is 1. The molecule has 0 bridgehead atoms. The third kappa shape index (κ3) is 5.82. The van der Waals surface area contributed by atoms with E-state index in [0.717, 1.165) is 28.6 Å². The molecule has 7 nitrogen and oxygen atoms in total. The van der Waals surface area contributed by atoms with E-state index >= 15 is 0 Å². The number of halogens is 3. The number of carbonyl (C=O) groups is 2. The van der Waals surface area contributed by atoms with Crippen LogP contribution in [0.15, 0.2) is 42.6 Å². The largest absolute Gasteiger partial charge is 0.573 e. The fourth-order valence-corrected chi connectivity index (χ4v) is 4.29. The van der Waals surface area contributed by atoms with Gasteiger partial charge in [0.05, 0.1) is 5.52 Å². The van der Waals surface area contributed by atoms with Crippen LogP contribution in [0.3, 0.4) is 0 Å². The van der Waals surface area contributed by atoms with Crippen molar-refractivity contribution in [1.82, 2.24) is 14.7 Å². The van der Waals surface area contributed by atoms with Crippen molar-refractivity contribution >= 4 is 22.6 Å². The zero-order chi connectivity index (χ0) is 25.2. The number of hydrogen-bond donors (Lipinski definition) is 0. The fraction of sp³-hybridized carbons (Fsp3) is 0.400. The SMILES string of the molecule is COCCCC(=O)c1ccc2nn(CC3CN(C(=O)c4ccc(OC(F)(F)F)cc4)C3)cc2c1C. The molecule has 1 saturated heterocycles. The fourth-order valence-electron chi connectivity index (χ4n) is 4.29. The number of aromatic nitrogens is 2. The number of nitrogens with zero attached hydrogens (tertiary/aromatic N) is 3. The normalized spacial score (nSPS) is 14.3. The first-order valence-electron chi connectivity index (χ1n) is 11.3. The number of fused-ring (bicyclic) bond motifs is 1. The van der Waals surface area contributed by atoms with Crippen molar-refractivity contribution in [2.75, 3.05) is 26.8 Å². The summed E-state index contributed by atoms with van der Waals surface area (Å²) in [6, 6.07) is 8.59. The molecule has 3 aromatic rings. The summed E-state index contributed by atoms with van der Waals surface area (Å²) in [4.78, 5) is 26.8. The number of hydrogen-bond acceptors (Lipinski definition) is 5. The van der Waals surface area contributed by atoms with Crippen LogP contribution in [0.4, 0.5) is 13.2 Å². The lowest BCUT2D eigenvalue weighted by Gasteiger charge is -2.39. The molecule has 2 heterocycles. The van der Waals surface area contributed by atoms with Gasteiger partial charge in [0, 0.05) is 68.4 Å². The molecule has 0 aliphatic carbocycles. The zero-order valence-corrected chi connectivity index (χ0v) is 19.5. The van der Waals surface area contributed by atoms with Crippen molar-refractivity contribution in [3.63, 3.8) is 0 Å². The molecule has 1 aliphatic heterocycles. The molecule has 0 spiro atoms. The van der Waals surface area contributed by atoms with Gasteiger partial charge in [0.2, 0.25) is 0 Å². The van der Waals surface area contributed by atoms with Gasteiger partial charge in [-0.1, -0.05) is 0 Å². The average Bonchev–Trinajstić information content (AvgIpc) is 3.19. The van der Waals surface area contributed by atoms with Crippen LogP contribution in [0.25, 0.3) is 10.9 Å². The molecule has 0 radical (unpaired) electrons. The predicted molar refractivity (Wildman–Crippen MR) is 122 cm³/mol. The smallest absolute Gasteiger partial charge is 0.406 e. The third-order valence-corrected chi connectivity index (χ3v) is 6.08. The molecule has 0 saturated carbocycles. The highest BCUT2D eigenvalue weighted by molar-refractivity contribution is 6.01. The first-order valence-corrected chi connectivity index (χ1v) is 11.3. The molecule has 1 fully saturated rings. The summed E-state index contributed by atoms with van der Waals surface area (Å²) in [5, 5.41) is 5.54. The van der Waals surface area contributed by atoms with Gasteiger partial charge in [-0.15, -0.1) is 13.2 Å². The third-order valence-electron chi connectivity index (χ3n) is 6.08. The molecule has 1 amide bonds. The van der Waals surface area contributed by atoms with E-state index in [1.54, 1.807) is 12.0 Å². The Balaban J connectivity index is 1.34. The van der Waals surface area contributed by atoms with E-state index in [4.69, 9.17) is 4.74 Å². The monoisotopic (exact) mass is 489 g/mol. The standard InChI is InChI=1S/C25H26F3N3O4/c1-16-20(23(32)4-3-11-34-2)9-10-22-21(16)15-31(29-22)14-17-12-30(13-17)24(33)18-5-7-19(8-6-18)35-25(26,27)28/h5-10,15,17H,3-4,11-14H2,1-2H3. The number of alkyl halides is 3. The summed E-state index contributed by atoms with van der Waals surface area (Å²) in [6.45, 7) is 4.14. The highest BCUT2D eigenvalue weighted by Crippen LogP contribution is 2.26. The molecule has 1 aliphatic rings. The number of ether oxygens (including phenoxy) is 2. The lowest BCUT2D eigenvalue weighted by Crippen LogP contribution is -2.51. The number of carbonyl (C=O) groups excluding carboxylic acids is 2. The number of rotatable bonds is 9. The van der Waals surface area contributed by atoms with Crippen LogP contribution < -0.4 is 4.74 Å². The summed E-state index contributed by atoms with van der Waals surface area (Å²) in [5.41, 5.74) is 2.71. The Morgan fingerprint density at radius 1 is 1.11 bits per heavy atom. The van der Waals surface area contributed by atoms with E-state index in [2.05, 4.69) is 9.84 Å². The first-order chi connectivity index (χ1) is 16.6. The molecule has 0 atom stereocenters. The van der Waals surface area contributed by atoms with Gasteiger partial charge in [-0.05, 0) is 55.3 Å². The van der Waals surface area contributed by atoms with Crippen LogP contribution >= 0.6 is 0 Å². The van der Waals surface area contributed by atoms with E-state index in [1.165, 1.54) is 12.1 Å². The second-order valence-electron chi connectivity index (χ2n) is 8.69. The van der Waals surface area contributed by atoms with Crippen molar-refractivity contribution in [2.24, 2.45) is 5.92 Å². The van der Waals surface area contributed by atoms with E-state index in [9.17, 15) is 22.8 Å². The van der Waals surface area contributed by atoms with E-state index in [1.807, 2.05) is 29.9 Å². The maximum absolute atomic E-state index is 12.6. The topological polar surface area (TPSA) is 73.7 Å². The number of benzene rings is 2. The van der Waals surface area contributed by atoms with E-state index in [-0.39, 0.29) is 23.4 Å². The summed E-state index contributed by atoms with van der Waals surface area (Å²) in [6.07, 6.45) is -1.74. The van der Waals surface area contributed by atoms with Crippen molar-refractivity contribution in [3.05, 3.63) is 59.3 Å². The number of methoxy groups -OCH3 is 1. The lowest BCUT2D eigenvalue weighted by molar-refractivity contribution is -0.274. The van der Waals surface area contributed by atoms with Crippen molar-refractivity contribution in [3.8, 4) is 5.75 Å². The number of Topliss-reactive ketones (excluding diaryl/α,β-unsaturated/α-hetero) is 1. The van der Waals surface area contributed by atoms with E-state index in [0.29, 0.717) is 50.2 Å². The Morgan fingerprint density at radius 3 is 2.49 bits per heavy atom. The van der Waals surface area contributed by atoms with Gasteiger partial charge in [-0.25, -0.2) is 0 Å². The van der Waals surface area contributed by atoms with Gasteiger partial charge >= 0.3 is 6.36 Å². The lowest BCUT2D eigenvalue weighted by atomic mass is 9.98. The Morgan fingerprint density at radius 2 is 1.83 bits per heavy atom. The van der Waals surface area contributed by atoms with Crippen molar-refractivity contribution in [1.29, 1.82) is 0 Å². The second kappa shape index (κ2) is 10.1. The van der Waals surface area contributed by atoms with Crippen molar-refractivity contribution < 1.29 is 32.2 Å². The molecule has 186 valence electrons. The van der Waals surface area contributed by atoms with Crippen LogP contribution in [-0.4, -0.2) is 59.5 Å². The molecular weight excluding hydrogens is 463 g/mol. The van der Waals surface area contributed by atoms with Gasteiger partial charge in [0.1, 0.15) is 5.75 Å². The van der Waals surface area contributed by atoms with Gasteiger partial charge in [0.25, 0.3) is 5.91 Å². The molecule has 10 heteroatoms. The van der Waals surface area contributed by atoms with Gasteiger partial charge in [0.15, 0.2) is 5.78 Å². The second-order valence-corrected chi connectivity index (χ2v) is 8.69. The molecule has 35 heavy (non-hydrogen) atoms. The summed E-state index contributed by atoms with van der Waals surface area (Å²) in [7, 11) is 1.61. The van der Waals surface area contributed by atoms with Crippen LogP contribution in [0.2, 0.25) is 0 Å². The van der Waals surface area contributed by atoms with Crippen LogP contribution in [0, 0.1) is 12.8 Å². The highest BCUT2D eigenvalue weighted by Gasteiger charge is 2.33. The molecule has 2 aromatic carbocycles. The van der Waals surface area contributed by atoms with E-state index < -0.39 is 6.36 Å². The molecular formula is C25H26F3N3O4. The number of likely N-dealkylation sites (tertiary alicyclic amines) is 1. The Bertz CT molecular complexity index is 1220. The maximum atomic E-state index is 12.6. The highest BCUT2D eigenvalue weighted by atomic mass is 19.4. The minimum Gasteiger partial charge on any atom is -0.406 e. The Hall–Kier alpha value is -3.40. The van der Waals surface area contributed by atoms with Crippen LogP contribution in [0.1, 0.15) is 39.1 Å². The summed E-state index contributed by atoms with van der Waals surface area (Å²) >= 11 is 0. The minimum absolute atomic E-state index is 0.0837. The number of ketones is 1. The summed E-state index contributed by atoms with van der Waals surface area (Å²) in [5.74, 6) is -0.314. The minimum atomic E-state index is -4.77. The first kappa shape index (κ1) is 24.7. The Kier molecular flexibility index (Phi) is 7.11. The van der Waals surface area contributed by atoms with Gasteiger partial charge in [-0.3, -0.25) is 14.3 Å². The molecule has 0 N–H and O–H groups in total. The van der Waals surface area contributed by atoms with Crippen molar-refractivity contribution in [2.45, 2.75) is 32.7 Å². The quantitative estimate of drug-likeness (QED) is 0.324. The summed E-state index contributed by atoms with van der Waals surface area (Å²) < 4.78 is 47.6. The molecule has 0 unspecified atom stereocenters. The number of amides is 1. The van der Waals surface area contributed by atoms with Crippen LogP contribution in [-0.2, 0) is 11.3 Å². The predicted octanol–water partition coefficient (Wildman–Crippen LogP) is 4.62. The Labute approximate surface area is 200 Å². The van der Waals surface area contributed by atoms with Gasteiger partial charge in [-0.2, -0.15) is 5.10 Å². The zero-order valence-electron chi connectivity index (χ0n) is 19.5. The average molecular weight is 489 g/mol. The molecule has 1 aromatic heterocycles. The van der Waals surface area contributed by atoms with Crippen LogP contribution in [0.5, 0.6) is 5.75 Å².